The number of hydrogen-bond acceptors (Lipinski definition) is 6. The van der Waals surface area contributed by atoms with Crippen LogP contribution in [-0.2, 0) is 16.1 Å². The minimum atomic E-state index is -0.426. The highest BCUT2D eigenvalue weighted by molar-refractivity contribution is 6.10. The predicted molar refractivity (Wildman–Crippen MR) is 117 cm³/mol. The van der Waals surface area contributed by atoms with E-state index in [0.717, 1.165) is 0 Å². The lowest BCUT2D eigenvalue weighted by Crippen LogP contribution is -2.30. The Morgan fingerprint density at radius 2 is 1.84 bits per heavy atom. The molecule has 0 fully saturated rings. The predicted octanol–water partition coefficient (Wildman–Crippen LogP) is 2.10. The average Bonchev–Trinajstić information content (AvgIpc) is 2.78. The first kappa shape index (κ1) is 22.2. The lowest BCUT2D eigenvalue weighted by Gasteiger charge is -2.13. The summed E-state index contributed by atoms with van der Waals surface area (Å²) >= 11 is 0. The van der Waals surface area contributed by atoms with E-state index in [2.05, 4.69) is 10.3 Å². The van der Waals surface area contributed by atoms with Crippen molar-refractivity contribution in [3.8, 4) is 5.75 Å². The Morgan fingerprint density at radius 1 is 1.10 bits per heavy atom. The number of carbonyl (C=O) groups excluding carboxylic acids is 2. The van der Waals surface area contributed by atoms with E-state index in [1.165, 1.54) is 13.3 Å². The van der Waals surface area contributed by atoms with Gasteiger partial charge < -0.3 is 19.4 Å². The van der Waals surface area contributed by atoms with Crippen molar-refractivity contribution >= 4 is 22.7 Å². The minimum absolute atomic E-state index is 0.0181. The molecule has 162 valence electrons. The van der Waals surface area contributed by atoms with Crippen molar-refractivity contribution in [2.45, 2.75) is 19.9 Å². The van der Waals surface area contributed by atoms with Gasteiger partial charge in [0.05, 0.1) is 18.1 Å². The van der Waals surface area contributed by atoms with Crippen LogP contribution in [0.25, 0.3) is 11.0 Å². The van der Waals surface area contributed by atoms with Crippen LogP contribution >= 0.6 is 0 Å². The molecule has 2 heterocycles. The standard InChI is InChI=1S/C23H25N3O5/c1-15-5-10-18-22(29)19(21(28)16-6-8-17(31-3)9-7-16)13-26(23(18)25-15)14-20(27)24-11-4-12-30-2/h5-10,13H,4,11-12,14H2,1-3H3,(H,24,27). The van der Waals surface area contributed by atoms with Gasteiger partial charge in [-0.15, -0.1) is 0 Å². The molecule has 3 aromatic rings. The van der Waals surface area contributed by atoms with E-state index in [4.69, 9.17) is 9.47 Å². The van der Waals surface area contributed by atoms with E-state index in [9.17, 15) is 14.4 Å². The van der Waals surface area contributed by atoms with Gasteiger partial charge in [-0.2, -0.15) is 0 Å². The number of pyridine rings is 2. The Hall–Kier alpha value is -3.52. The molecule has 1 aromatic carbocycles. The molecule has 0 saturated carbocycles. The molecule has 0 radical (unpaired) electrons. The second-order valence-electron chi connectivity index (χ2n) is 7.08. The molecule has 31 heavy (non-hydrogen) atoms. The van der Waals surface area contributed by atoms with Crippen molar-refractivity contribution in [1.29, 1.82) is 0 Å². The topological polar surface area (TPSA) is 99.5 Å². The Kier molecular flexibility index (Phi) is 7.15. The number of carbonyl (C=O) groups is 2. The van der Waals surface area contributed by atoms with Gasteiger partial charge in [0, 0.05) is 37.7 Å². The first-order valence-electron chi connectivity index (χ1n) is 9.89. The monoisotopic (exact) mass is 423 g/mol. The molecule has 0 bridgehead atoms. The summed E-state index contributed by atoms with van der Waals surface area (Å²) in [5.41, 5.74) is 0.988. The molecule has 8 heteroatoms. The molecular formula is C23H25N3O5. The summed E-state index contributed by atoms with van der Waals surface area (Å²) in [7, 11) is 3.14. The van der Waals surface area contributed by atoms with Crippen molar-refractivity contribution in [3.05, 3.63) is 69.6 Å². The molecule has 1 N–H and O–H groups in total. The highest BCUT2D eigenvalue weighted by Gasteiger charge is 2.19. The van der Waals surface area contributed by atoms with Crippen LogP contribution in [0.3, 0.4) is 0 Å². The molecule has 1 amide bonds. The van der Waals surface area contributed by atoms with Gasteiger partial charge in [0.1, 0.15) is 17.9 Å². The van der Waals surface area contributed by atoms with E-state index >= 15 is 0 Å². The number of nitrogens with zero attached hydrogens (tertiary/aromatic N) is 2. The van der Waals surface area contributed by atoms with Gasteiger partial charge in [-0.25, -0.2) is 4.98 Å². The normalized spacial score (nSPS) is 10.8. The number of aryl methyl sites for hydroxylation is 1. The van der Waals surface area contributed by atoms with Gasteiger partial charge in [0.2, 0.25) is 11.3 Å². The molecule has 0 atom stereocenters. The van der Waals surface area contributed by atoms with E-state index in [1.54, 1.807) is 55.0 Å². The van der Waals surface area contributed by atoms with E-state index in [1.807, 2.05) is 0 Å². The Labute approximate surface area is 179 Å². The van der Waals surface area contributed by atoms with Crippen LogP contribution in [-0.4, -0.2) is 48.6 Å². The van der Waals surface area contributed by atoms with Crippen molar-refractivity contribution in [1.82, 2.24) is 14.9 Å². The van der Waals surface area contributed by atoms with Crippen LogP contribution in [0.4, 0.5) is 0 Å². The summed E-state index contributed by atoms with van der Waals surface area (Å²) in [5.74, 6) is -0.0612. The van der Waals surface area contributed by atoms with Crippen molar-refractivity contribution in [2.75, 3.05) is 27.4 Å². The maximum atomic E-state index is 13.1. The van der Waals surface area contributed by atoms with Crippen LogP contribution < -0.4 is 15.5 Å². The molecule has 8 nitrogen and oxygen atoms in total. The van der Waals surface area contributed by atoms with Gasteiger partial charge in [-0.3, -0.25) is 14.4 Å². The van der Waals surface area contributed by atoms with Gasteiger partial charge in [-0.05, 0) is 49.7 Å². The number of fused-ring (bicyclic) bond motifs is 1. The maximum absolute atomic E-state index is 13.1. The number of aromatic nitrogens is 2. The highest BCUT2D eigenvalue weighted by Crippen LogP contribution is 2.16. The number of ether oxygens (including phenoxy) is 2. The molecule has 0 aliphatic carbocycles. The first-order valence-corrected chi connectivity index (χ1v) is 9.89. The number of benzene rings is 1. The minimum Gasteiger partial charge on any atom is -0.497 e. The first-order chi connectivity index (χ1) is 14.9. The summed E-state index contributed by atoms with van der Waals surface area (Å²) in [6.45, 7) is 2.75. The van der Waals surface area contributed by atoms with Gasteiger partial charge in [-0.1, -0.05) is 0 Å². The van der Waals surface area contributed by atoms with Crippen molar-refractivity contribution < 1.29 is 19.1 Å². The third-order valence-corrected chi connectivity index (χ3v) is 4.82. The third kappa shape index (κ3) is 5.16. The van der Waals surface area contributed by atoms with Crippen LogP contribution in [0.15, 0.2) is 47.4 Å². The number of nitrogens with one attached hydrogen (secondary N) is 1. The van der Waals surface area contributed by atoms with Gasteiger partial charge >= 0.3 is 0 Å². The number of rotatable bonds is 9. The van der Waals surface area contributed by atoms with Crippen LogP contribution in [0.5, 0.6) is 5.75 Å². The molecular weight excluding hydrogens is 398 g/mol. The second-order valence-corrected chi connectivity index (χ2v) is 7.08. The third-order valence-electron chi connectivity index (χ3n) is 4.82. The zero-order valence-electron chi connectivity index (χ0n) is 17.8. The lowest BCUT2D eigenvalue weighted by atomic mass is 10.0. The lowest BCUT2D eigenvalue weighted by molar-refractivity contribution is -0.121. The second kappa shape index (κ2) is 9.99. The number of ketones is 1. The molecule has 0 aliphatic heterocycles. The number of hydrogen-bond donors (Lipinski definition) is 1. The summed E-state index contributed by atoms with van der Waals surface area (Å²) in [4.78, 5) is 43.0. The number of methoxy groups -OCH3 is 2. The van der Waals surface area contributed by atoms with Crippen LogP contribution in [0.2, 0.25) is 0 Å². The summed E-state index contributed by atoms with van der Waals surface area (Å²) in [6.07, 6.45) is 2.10. The highest BCUT2D eigenvalue weighted by atomic mass is 16.5. The smallest absolute Gasteiger partial charge is 0.239 e. The van der Waals surface area contributed by atoms with Crippen LogP contribution in [0.1, 0.15) is 28.0 Å². The van der Waals surface area contributed by atoms with E-state index in [0.29, 0.717) is 42.2 Å². The van der Waals surface area contributed by atoms with Gasteiger partial charge in [0.15, 0.2) is 5.78 Å². The molecule has 0 aliphatic rings. The van der Waals surface area contributed by atoms with E-state index in [-0.39, 0.29) is 23.4 Å². The van der Waals surface area contributed by atoms with Crippen molar-refractivity contribution in [2.24, 2.45) is 0 Å². The fourth-order valence-corrected chi connectivity index (χ4v) is 3.19. The summed E-state index contributed by atoms with van der Waals surface area (Å²) in [5, 5.41) is 3.10. The zero-order valence-corrected chi connectivity index (χ0v) is 17.8. The van der Waals surface area contributed by atoms with Gasteiger partial charge in [0.25, 0.3) is 0 Å². The fourth-order valence-electron chi connectivity index (χ4n) is 3.19. The quantitative estimate of drug-likeness (QED) is 0.418. The molecule has 3 rings (SSSR count). The molecule has 2 aromatic heterocycles. The Morgan fingerprint density at radius 3 is 2.52 bits per heavy atom. The average molecular weight is 423 g/mol. The summed E-state index contributed by atoms with van der Waals surface area (Å²) < 4.78 is 11.6. The largest absolute Gasteiger partial charge is 0.497 e. The van der Waals surface area contributed by atoms with E-state index < -0.39 is 11.2 Å². The summed E-state index contributed by atoms with van der Waals surface area (Å²) in [6, 6.07) is 9.87. The van der Waals surface area contributed by atoms with Crippen LogP contribution in [0, 0.1) is 6.92 Å². The maximum Gasteiger partial charge on any atom is 0.239 e. The molecule has 0 unspecified atom stereocenters. The Bertz CT molecular complexity index is 1150. The molecule has 0 saturated heterocycles. The SMILES string of the molecule is COCCCNC(=O)Cn1cc(C(=O)c2ccc(OC)cc2)c(=O)c2ccc(C)nc21. The fraction of sp³-hybridized carbons (Fsp3) is 0.304. The zero-order chi connectivity index (χ0) is 22.4. The number of amides is 1. The van der Waals surface area contributed by atoms with Crippen molar-refractivity contribution in [3.63, 3.8) is 0 Å². The molecule has 0 spiro atoms. The Balaban J connectivity index is 1.99.